The van der Waals surface area contributed by atoms with Gasteiger partial charge < -0.3 is 14.2 Å². The summed E-state index contributed by atoms with van der Waals surface area (Å²) in [5.41, 5.74) is 1.09. The topological polar surface area (TPSA) is 77.1 Å². The van der Waals surface area contributed by atoms with Gasteiger partial charge in [-0.1, -0.05) is 42.5 Å². The van der Waals surface area contributed by atoms with Crippen LogP contribution in [0.3, 0.4) is 0 Å². The van der Waals surface area contributed by atoms with Crippen LogP contribution < -0.4 is 14.2 Å². The Morgan fingerprint density at radius 3 is 2.50 bits per heavy atom. The molecule has 170 valence electrons. The monoisotopic (exact) mass is 456 g/mol. The maximum atomic E-state index is 13.3. The van der Waals surface area contributed by atoms with Gasteiger partial charge in [-0.15, -0.1) is 0 Å². The summed E-state index contributed by atoms with van der Waals surface area (Å²) in [6, 6.07) is 18.9. The molecular weight excluding hydrogens is 428 g/mol. The van der Waals surface area contributed by atoms with Crippen molar-refractivity contribution >= 4 is 20.8 Å². The smallest absolute Gasteiger partial charge is 0.244 e. The standard InChI is InChI=1S/C24H28N2O5S/c1-29-19-10-11-23(30-2)24(16-19)32(27,28)25-17-22(26-12-14-31-15-13-26)21-9-5-7-18-6-3-4-8-20(18)21/h3-11,16,22,25H,12-15,17H2,1-2H3/t22-/m0/s1. The fraction of sp³-hybridized carbons (Fsp3) is 0.333. The molecule has 1 atom stereocenters. The zero-order chi connectivity index (χ0) is 22.6. The summed E-state index contributed by atoms with van der Waals surface area (Å²) in [4.78, 5) is 2.33. The second kappa shape index (κ2) is 9.87. The number of rotatable bonds is 8. The van der Waals surface area contributed by atoms with Gasteiger partial charge in [-0.05, 0) is 28.5 Å². The molecule has 1 aliphatic heterocycles. The second-order valence-electron chi connectivity index (χ2n) is 7.60. The van der Waals surface area contributed by atoms with E-state index in [1.807, 2.05) is 18.2 Å². The lowest BCUT2D eigenvalue weighted by atomic mass is 9.97. The average molecular weight is 457 g/mol. The Morgan fingerprint density at radius 2 is 1.75 bits per heavy atom. The Bertz CT molecular complexity index is 1170. The van der Waals surface area contributed by atoms with Gasteiger partial charge in [0.25, 0.3) is 0 Å². The van der Waals surface area contributed by atoms with Crippen molar-refractivity contribution in [1.82, 2.24) is 9.62 Å². The van der Waals surface area contributed by atoms with E-state index in [4.69, 9.17) is 14.2 Å². The van der Waals surface area contributed by atoms with E-state index in [1.165, 1.54) is 20.3 Å². The van der Waals surface area contributed by atoms with E-state index in [0.717, 1.165) is 29.4 Å². The fourth-order valence-electron chi connectivity index (χ4n) is 4.13. The molecule has 1 fully saturated rings. The second-order valence-corrected chi connectivity index (χ2v) is 9.34. The van der Waals surface area contributed by atoms with Crippen LogP contribution in [-0.2, 0) is 14.8 Å². The van der Waals surface area contributed by atoms with Gasteiger partial charge in [-0.25, -0.2) is 13.1 Å². The molecule has 7 nitrogen and oxygen atoms in total. The van der Waals surface area contributed by atoms with Crippen LogP contribution in [0.2, 0.25) is 0 Å². The van der Waals surface area contributed by atoms with Crippen molar-refractivity contribution in [3.8, 4) is 11.5 Å². The van der Waals surface area contributed by atoms with E-state index in [9.17, 15) is 8.42 Å². The van der Waals surface area contributed by atoms with Gasteiger partial charge in [0.2, 0.25) is 10.0 Å². The number of hydrogen-bond acceptors (Lipinski definition) is 6. The minimum Gasteiger partial charge on any atom is -0.497 e. The molecule has 0 radical (unpaired) electrons. The zero-order valence-electron chi connectivity index (χ0n) is 18.3. The van der Waals surface area contributed by atoms with E-state index < -0.39 is 10.0 Å². The summed E-state index contributed by atoms with van der Waals surface area (Å²) in [6.45, 7) is 2.93. The number of ether oxygens (including phenoxy) is 3. The minimum atomic E-state index is -3.84. The lowest BCUT2D eigenvalue weighted by Crippen LogP contribution is -2.43. The highest BCUT2D eigenvalue weighted by molar-refractivity contribution is 7.89. The van der Waals surface area contributed by atoms with Crippen LogP contribution >= 0.6 is 0 Å². The van der Waals surface area contributed by atoms with Crippen molar-refractivity contribution in [1.29, 1.82) is 0 Å². The molecule has 0 amide bonds. The number of benzene rings is 3. The molecule has 1 saturated heterocycles. The van der Waals surface area contributed by atoms with E-state index in [0.29, 0.717) is 19.0 Å². The van der Waals surface area contributed by atoms with Crippen LogP contribution in [0.25, 0.3) is 10.8 Å². The Morgan fingerprint density at radius 1 is 1.00 bits per heavy atom. The largest absolute Gasteiger partial charge is 0.497 e. The summed E-state index contributed by atoms with van der Waals surface area (Å²) in [5, 5.41) is 2.24. The van der Waals surface area contributed by atoms with Crippen LogP contribution in [0.15, 0.2) is 65.6 Å². The Labute approximate surface area is 188 Å². The highest BCUT2D eigenvalue weighted by atomic mass is 32.2. The maximum absolute atomic E-state index is 13.3. The maximum Gasteiger partial charge on any atom is 0.244 e. The van der Waals surface area contributed by atoms with Gasteiger partial charge in [0, 0.05) is 31.7 Å². The van der Waals surface area contributed by atoms with Gasteiger partial charge in [0.1, 0.15) is 16.4 Å². The van der Waals surface area contributed by atoms with Gasteiger partial charge in [0.05, 0.1) is 27.4 Å². The van der Waals surface area contributed by atoms with Crippen molar-refractivity contribution in [2.75, 3.05) is 47.1 Å². The first-order valence-corrected chi connectivity index (χ1v) is 12.0. The third-order valence-corrected chi connectivity index (χ3v) is 7.24. The predicted molar refractivity (Wildman–Crippen MR) is 124 cm³/mol. The number of fused-ring (bicyclic) bond motifs is 1. The number of sulfonamides is 1. The molecule has 3 aromatic rings. The first kappa shape index (κ1) is 22.5. The number of nitrogens with zero attached hydrogens (tertiary/aromatic N) is 1. The van der Waals surface area contributed by atoms with E-state index in [-0.39, 0.29) is 23.2 Å². The Hall–Kier alpha value is -2.65. The Balaban J connectivity index is 1.68. The molecule has 0 aromatic heterocycles. The normalized spacial score (nSPS) is 16.1. The first-order chi connectivity index (χ1) is 15.5. The quantitative estimate of drug-likeness (QED) is 0.561. The third-order valence-electron chi connectivity index (χ3n) is 5.80. The highest BCUT2D eigenvalue weighted by Crippen LogP contribution is 2.31. The van der Waals surface area contributed by atoms with E-state index in [1.54, 1.807) is 12.1 Å². The van der Waals surface area contributed by atoms with Crippen molar-refractivity contribution < 1.29 is 22.6 Å². The summed E-state index contributed by atoms with van der Waals surface area (Å²) in [5.74, 6) is 0.719. The number of methoxy groups -OCH3 is 2. The van der Waals surface area contributed by atoms with Crippen LogP contribution in [0.4, 0.5) is 0 Å². The van der Waals surface area contributed by atoms with Crippen LogP contribution in [0.5, 0.6) is 11.5 Å². The van der Waals surface area contributed by atoms with Gasteiger partial charge in [-0.2, -0.15) is 0 Å². The van der Waals surface area contributed by atoms with Crippen molar-refractivity contribution in [3.05, 3.63) is 66.2 Å². The first-order valence-electron chi connectivity index (χ1n) is 10.5. The highest BCUT2D eigenvalue weighted by Gasteiger charge is 2.27. The average Bonchev–Trinajstić information content (AvgIpc) is 2.84. The van der Waals surface area contributed by atoms with E-state index >= 15 is 0 Å². The zero-order valence-corrected chi connectivity index (χ0v) is 19.1. The molecule has 1 heterocycles. The number of nitrogens with one attached hydrogen (secondary N) is 1. The molecule has 3 aromatic carbocycles. The Kier molecular flexibility index (Phi) is 6.95. The van der Waals surface area contributed by atoms with Gasteiger partial charge >= 0.3 is 0 Å². The van der Waals surface area contributed by atoms with Crippen molar-refractivity contribution in [2.24, 2.45) is 0 Å². The lowest BCUT2D eigenvalue weighted by molar-refractivity contribution is 0.0175. The third kappa shape index (κ3) is 4.73. The molecular formula is C24H28N2O5S. The lowest BCUT2D eigenvalue weighted by Gasteiger charge is -2.35. The number of hydrogen-bond donors (Lipinski definition) is 1. The van der Waals surface area contributed by atoms with Crippen molar-refractivity contribution in [3.63, 3.8) is 0 Å². The summed E-state index contributed by atoms with van der Waals surface area (Å²) in [7, 11) is -0.891. The molecule has 4 rings (SSSR count). The van der Waals surface area contributed by atoms with Crippen LogP contribution in [0, 0.1) is 0 Å². The van der Waals surface area contributed by atoms with Gasteiger partial charge in [0.15, 0.2) is 0 Å². The SMILES string of the molecule is COc1ccc(OC)c(S(=O)(=O)NC[C@@H](c2cccc3ccccc23)N2CCOCC2)c1. The molecule has 0 unspecified atom stereocenters. The summed E-state index contributed by atoms with van der Waals surface area (Å²) < 4.78 is 45.4. The molecule has 0 bridgehead atoms. The summed E-state index contributed by atoms with van der Waals surface area (Å²) >= 11 is 0. The molecule has 32 heavy (non-hydrogen) atoms. The number of morpholine rings is 1. The van der Waals surface area contributed by atoms with Crippen LogP contribution in [0.1, 0.15) is 11.6 Å². The fourth-order valence-corrected chi connectivity index (χ4v) is 5.35. The predicted octanol–water partition coefficient (Wildman–Crippen LogP) is 3.21. The molecule has 8 heteroatoms. The van der Waals surface area contributed by atoms with Gasteiger partial charge in [-0.3, -0.25) is 4.90 Å². The van der Waals surface area contributed by atoms with Crippen LogP contribution in [-0.4, -0.2) is 60.4 Å². The molecule has 1 N–H and O–H groups in total. The van der Waals surface area contributed by atoms with Crippen molar-refractivity contribution in [2.45, 2.75) is 10.9 Å². The molecule has 0 spiro atoms. The van der Waals surface area contributed by atoms with E-state index in [2.05, 4.69) is 33.9 Å². The molecule has 1 aliphatic rings. The summed E-state index contributed by atoms with van der Waals surface area (Å²) in [6.07, 6.45) is 0. The molecule has 0 aliphatic carbocycles. The molecule has 0 saturated carbocycles. The minimum absolute atomic E-state index is 0.0537.